The van der Waals surface area contributed by atoms with Crippen LogP contribution in [0.3, 0.4) is 0 Å². The number of hydrazine groups is 2. The zero-order valence-electron chi connectivity index (χ0n) is 9.35. The van der Waals surface area contributed by atoms with Gasteiger partial charge in [-0.15, -0.1) is 0 Å². The predicted molar refractivity (Wildman–Crippen MR) is 69.4 cm³/mol. The number of nitrogens with zero attached hydrogens (tertiary/aromatic N) is 2. The van der Waals surface area contributed by atoms with Crippen LogP contribution in [-0.4, -0.2) is 16.2 Å². The molecule has 2 atom stereocenters. The van der Waals surface area contributed by atoms with Gasteiger partial charge >= 0.3 is 0 Å². The predicted octanol–water partition coefficient (Wildman–Crippen LogP) is 2.09. The van der Waals surface area contributed by atoms with Gasteiger partial charge < -0.3 is 0 Å². The minimum atomic E-state index is -0.264. The summed E-state index contributed by atoms with van der Waals surface area (Å²) in [6, 6.07) is 9.44. The van der Waals surface area contributed by atoms with Crippen LogP contribution in [0, 0.1) is 0 Å². The molecule has 1 aliphatic rings. The van der Waals surface area contributed by atoms with Crippen molar-refractivity contribution in [2.75, 3.05) is 0 Å². The van der Waals surface area contributed by atoms with E-state index in [4.69, 9.17) is 34.9 Å². The molecular weight excluding hydrogens is 259 g/mol. The maximum Gasteiger partial charge on any atom is 0.137 e. The van der Waals surface area contributed by atoms with Gasteiger partial charge in [0, 0.05) is 0 Å². The molecule has 0 saturated carbocycles. The molecule has 0 saturated heterocycles. The van der Waals surface area contributed by atoms with E-state index < -0.39 is 0 Å². The minimum Gasteiger partial charge on any atom is -0.281 e. The highest BCUT2D eigenvalue weighted by Gasteiger charge is 2.35. The summed E-state index contributed by atoms with van der Waals surface area (Å²) in [7, 11) is 0. The van der Waals surface area contributed by atoms with Gasteiger partial charge in [0.15, 0.2) is 0 Å². The number of nitrogens with two attached hydrogens (primary N) is 2. The first-order valence-corrected chi connectivity index (χ1v) is 5.96. The van der Waals surface area contributed by atoms with Crippen LogP contribution in [0.5, 0.6) is 0 Å². The fraction of sp³-hybridized carbons (Fsp3) is 0.273. The van der Waals surface area contributed by atoms with Gasteiger partial charge in [-0.25, -0.2) is 10.9 Å². The van der Waals surface area contributed by atoms with E-state index in [1.165, 1.54) is 5.01 Å². The highest BCUT2D eigenvalue weighted by atomic mass is 35.5. The normalized spacial score (nSPS) is 26.5. The fourth-order valence-electron chi connectivity index (χ4n) is 1.84. The first kappa shape index (κ1) is 12.7. The van der Waals surface area contributed by atoms with Crippen LogP contribution in [0.4, 0.5) is 0 Å². The smallest absolute Gasteiger partial charge is 0.137 e. The molecule has 1 aliphatic heterocycles. The zero-order valence-corrected chi connectivity index (χ0v) is 10.9. The number of benzene rings is 1. The van der Waals surface area contributed by atoms with Gasteiger partial charge in [-0.2, -0.15) is 0 Å². The second-order valence-corrected chi connectivity index (χ2v) is 4.70. The first-order valence-electron chi connectivity index (χ1n) is 5.21. The van der Waals surface area contributed by atoms with E-state index in [9.17, 15) is 0 Å². The molecule has 0 bridgehead atoms. The molecule has 1 aromatic rings. The topological polar surface area (TPSA) is 58.5 Å². The third-order valence-corrected chi connectivity index (χ3v) is 3.79. The molecule has 1 aromatic carbocycles. The highest BCUT2D eigenvalue weighted by molar-refractivity contribution is 6.39. The van der Waals surface area contributed by atoms with Crippen molar-refractivity contribution in [3.8, 4) is 0 Å². The van der Waals surface area contributed by atoms with Crippen LogP contribution < -0.4 is 11.7 Å². The van der Waals surface area contributed by atoms with E-state index in [1.54, 1.807) is 5.01 Å². The average Bonchev–Trinajstić information content (AvgIpc) is 2.36. The van der Waals surface area contributed by atoms with Crippen LogP contribution in [0.25, 0.3) is 0 Å². The summed E-state index contributed by atoms with van der Waals surface area (Å²) >= 11 is 12.3. The van der Waals surface area contributed by atoms with Crippen molar-refractivity contribution in [3.05, 3.63) is 46.1 Å². The van der Waals surface area contributed by atoms with E-state index >= 15 is 0 Å². The third-order valence-electron chi connectivity index (χ3n) is 2.91. The minimum absolute atomic E-state index is 0.227. The summed E-state index contributed by atoms with van der Waals surface area (Å²) in [6.07, 6.45) is -0.227. The molecule has 0 radical (unpaired) electrons. The summed E-state index contributed by atoms with van der Waals surface area (Å²) < 4.78 is 0. The van der Waals surface area contributed by atoms with Crippen molar-refractivity contribution in [1.82, 2.24) is 10.0 Å². The maximum absolute atomic E-state index is 6.23. The van der Waals surface area contributed by atoms with E-state index in [2.05, 4.69) is 0 Å². The summed E-state index contributed by atoms with van der Waals surface area (Å²) in [5.41, 5.74) is 0.984. The van der Waals surface area contributed by atoms with Gasteiger partial charge in [0.1, 0.15) is 11.3 Å². The zero-order chi connectivity index (χ0) is 12.6. The second kappa shape index (κ2) is 4.84. The van der Waals surface area contributed by atoms with Crippen molar-refractivity contribution >= 4 is 23.2 Å². The summed E-state index contributed by atoms with van der Waals surface area (Å²) in [6.45, 7) is 1.86. The van der Waals surface area contributed by atoms with Crippen LogP contribution in [0.1, 0.15) is 18.5 Å². The largest absolute Gasteiger partial charge is 0.281 e. The van der Waals surface area contributed by atoms with Gasteiger partial charge in [-0.1, -0.05) is 53.5 Å². The lowest BCUT2D eigenvalue weighted by Crippen LogP contribution is -2.56. The molecule has 1 heterocycles. The van der Waals surface area contributed by atoms with Crippen LogP contribution in [0.2, 0.25) is 0 Å². The molecule has 6 heteroatoms. The molecule has 2 unspecified atom stereocenters. The van der Waals surface area contributed by atoms with Crippen molar-refractivity contribution in [3.63, 3.8) is 0 Å². The fourth-order valence-corrected chi connectivity index (χ4v) is 2.43. The Hall–Kier alpha value is -0.780. The van der Waals surface area contributed by atoms with Gasteiger partial charge in [-0.3, -0.25) is 10.9 Å². The number of rotatable bonds is 1. The maximum atomic E-state index is 6.23. The van der Waals surface area contributed by atoms with Crippen LogP contribution in [-0.2, 0) is 0 Å². The SMILES string of the molecule is CC1N(N)C(Cl)=C(Cl)C(c2ccccc2)N1N. The first-order chi connectivity index (χ1) is 8.04. The molecule has 17 heavy (non-hydrogen) atoms. The molecule has 0 aliphatic carbocycles. The number of hydrogen-bond donors (Lipinski definition) is 2. The summed E-state index contributed by atoms with van der Waals surface area (Å²) in [4.78, 5) is 0. The van der Waals surface area contributed by atoms with Crippen molar-refractivity contribution < 1.29 is 0 Å². The number of halogens is 2. The summed E-state index contributed by atoms with van der Waals surface area (Å²) in [5, 5.41) is 3.70. The standard InChI is InChI=1S/C11H14Cl2N4/c1-7-16(14)10(8-5-3-2-4-6-8)9(12)11(13)17(7)15/h2-7,10H,14-15H2,1H3. The lowest BCUT2D eigenvalue weighted by atomic mass is 10.0. The van der Waals surface area contributed by atoms with E-state index in [-0.39, 0.29) is 12.2 Å². The van der Waals surface area contributed by atoms with Gasteiger partial charge in [0.05, 0.1) is 11.1 Å². The molecule has 92 valence electrons. The Bertz CT molecular complexity index is 434. The van der Waals surface area contributed by atoms with Gasteiger partial charge in [0.25, 0.3) is 0 Å². The van der Waals surface area contributed by atoms with Crippen LogP contribution in [0.15, 0.2) is 40.5 Å². The Labute approximate surface area is 110 Å². The van der Waals surface area contributed by atoms with Crippen molar-refractivity contribution in [2.45, 2.75) is 19.1 Å². The Morgan fingerprint density at radius 3 is 2.29 bits per heavy atom. The lowest BCUT2D eigenvalue weighted by molar-refractivity contribution is 0.0426. The Kier molecular flexibility index (Phi) is 3.61. The Morgan fingerprint density at radius 2 is 1.71 bits per heavy atom. The average molecular weight is 273 g/mol. The van der Waals surface area contributed by atoms with Crippen molar-refractivity contribution in [2.24, 2.45) is 11.7 Å². The quantitative estimate of drug-likeness (QED) is 0.607. The Morgan fingerprint density at radius 1 is 1.12 bits per heavy atom. The molecule has 0 spiro atoms. The van der Waals surface area contributed by atoms with E-state index in [0.29, 0.717) is 10.2 Å². The van der Waals surface area contributed by atoms with Gasteiger partial charge in [0.2, 0.25) is 0 Å². The van der Waals surface area contributed by atoms with E-state index in [1.807, 2.05) is 37.3 Å². The molecule has 4 N–H and O–H groups in total. The summed E-state index contributed by atoms with van der Waals surface area (Å²) in [5.74, 6) is 11.8. The second-order valence-electron chi connectivity index (χ2n) is 3.94. The van der Waals surface area contributed by atoms with E-state index in [0.717, 1.165) is 5.56 Å². The molecule has 0 aromatic heterocycles. The number of hydrogen-bond acceptors (Lipinski definition) is 4. The molecule has 0 amide bonds. The molecule has 0 fully saturated rings. The molecule has 4 nitrogen and oxygen atoms in total. The monoisotopic (exact) mass is 272 g/mol. The molecule has 2 rings (SSSR count). The van der Waals surface area contributed by atoms with Crippen molar-refractivity contribution in [1.29, 1.82) is 0 Å². The van der Waals surface area contributed by atoms with Crippen LogP contribution >= 0.6 is 23.2 Å². The van der Waals surface area contributed by atoms with Gasteiger partial charge in [-0.05, 0) is 12.5 Å². The highest BCUT2D eigenvalue weighted by Crippen LogP contribution is 2.38. The Balaban J connectivity index is 2.46. The third kappa shape index (κ3) is 2.14. The lowest BCUT2D eigenvalue weighted by Gasteiger charge is -2.42. The molecular formula is C11H14Cl2N4.